The summed E-state index contributed by atoms with van der Waals surface area (Å²) < 4.78 is 0. The van der Waals surface area contributed by atoms with Gasteiger partial charge >= 0.3 is 6.03 Å². The van der Waals surface area contributed by atoms with E-state index < -0.39 is 0 Å². The largest absolute Gasteiger partial charge is 0.334 e. The fraction of sp³-hybridized carbons (Fsp3) is 0.889. The Labute approximate surface area is 79.9 Å². The van der Waals surface area contributed by atoms with Crippen LogP contribution in [0.3, 0.4) is 0 Å². The highest BCUT2D eigenvalue weighted by atomic mass is 16.2. The number of carbonyl (C=O) groups is 1. The van der Waals surface area contributed by atoms with Crippen molar-refractivity contribution in [1.29, 1.82) is 0 Å². The number of hydrogen-bond acceptors (Lipinski definition) is 2. The lowest BCUT2D eigenvalue weighted by atomic mass is 10.1. The molecule has 0 aliphatic carbocycles. The Hall–Kier alpha value is -0.770. The van der Waals surface area contributed by atoms with Crippen molar-refractivity contribution in [3.8, 4) is 0 Å². The molecule has 2 amide bonds. The van der Waals surface area contributed by atoms with Gasteiger partial charge in [-0.15, -0.1) is 0 Å². The van der Waals surface area contributed by atoms with Crippen molar-refractivity contribution < 1.29 is 4.79 Å². The molecule has 2 unspecified atom stereocenters. The van der Waals surface area contributed by atoms with Crippen LogP contribution in [0.5, 0.6) is 0 Å². The summed E-state index contributed by atoms with van der Waals surface area (Å²) in [4.78, 5) is 15.2. The molecule has 1 N–H and O–H groups in total. The standard InChI is InChI=1S/C9H19N3O/c1-7-5-12(4)6-8(7)10-9(13)11(2)3/h7-8H,5-6H2,1-4H3,(H,10,13). The molecule has 1 saturated heterocycles. The molecule has 4 nitrogen and oxygen atoms in total. The van der Waals surface area contributed by atoms with E-state index in [9.17, 15) is 4.79 Å². The minimum atomic E-state index is 0.00662. The van der Waals surface area contributed by atoms with Gasteiger partial charge in [-0.3, -0.25) is 0 Å². The van der Waals surface area contributed by atoms with Crippen LogP contribution in [0.1, 0.15) is 6.92 Å². The summed E-state index contributed by atoms with van der Waals surface area (Å²) in [6.07, 6.45) is 0. The topological polar surface area (TPSA) is 35.6 Å². The monoisotopic (exact) mass is 185 g/mol. The van der Waals surface area contributed by atoms with Gasteiger partial charge in [0.1, 0.15) is 0 Å². The van der Waals surface area contributed by atoms with E-state index >= 15 is 0 Å². The van der Waals surface area contributed by atoms with Crippen molar-refractivity contribution >= 4 is 6.03 Å². The molecule has 0 aromatic heterocycles. The summed E-state index contributed by atoms with van der Waals surface area (Å²) in [5, 5.41) is 3.00. The van der Waals surface area contributed by atoms with E-state index in [0.717, 1.165) is 13.1 Å². The zero-order valence-electron chi connectivity index (χ0n) is 8.87. The predicted octanol–water partition coefficient (Wildman–Crippen LogP) is 0.208. The molecule has 1 aliphatic heterocycles. The molecule has 0 saturated carbocycles. The summed E-state index contributed by atoms with van der Waals surface area (Å²) in [6, 6.07) is 0.312. The first-order valence-electron chi connectivity index (χ1n) is 4.67. The lowest BCUT2D eigenvalue weighted by Gasteiger charge is -2.19. The zero-order valence-corrected chi connectivity index (χ0v) is 8.87. The van der Waals surface area contributed by atoms with Crippen LogP contribution in [0.2, 0.25) is 0 Å². The fourth-order valence-corrected chi connectivity index (χ4v) is 1.68. The van der Waals surface area contributed by atoms with E-state index in [4.69, 9.17) is 0 Å². The lowest BCUT2D eigenvalue weighted by molar-refractivity contribution is 0.211. The Balaban J connectivity index is 2.41. The zero-order chi connectivity index (χ0) is 10.0. The molecular formula is C9H19N3O. The van der Waals surface area contributed by atoms with E-state index in [-0.39, 0.29) is 6.03 Å². The van der Waals surface area contributed by atoms with Gasteiger partial charge in [-0.2, -0.15) is 0 Å². The smallest absolute Gasteiger partial charge is 0.317 e. The van der Waals surface area contributed by atoms with Crippen molar-refractivity contribution in [2.75, 3.05) is 34.2 Å². The van der Waals surface area contributed by atoms with Gasteiger partial charge in [-0.05, 0) is 13.0 Å². The number of carbonyl (C=O) groups excluding carboxylic acids is 1. The molecule has 0 spiro atoms. The average Bonchev–Trinajstić information content (AvgIpc) is 2.30. The molecule has 4 heteroatoms. The van der Waals surface area contributed by atoms with Crippen molar-refractivity contribution in [2.45, 2.75) is 13.0 Å². The van der Waals surface area contributed by atoms with Gasteiger partial charge in [-0.1, -0.05) is 6.92 Å². The van der Waals surface area contributed by atoms with Crippen molar-refractivity contribution in [1.82, 2.24) is 15.1 Å². The third-order valence-corrected chi connectivity index (χ3v) is 2.51. The average molecular weight is 185 g/mol. The van der Waals surface area contributed by atoms with Crippen molar-refractivity contribution in [3.05, 3.63) is 0 Å². The van der Waals surface area contributed by atoms with Crippen molar-refractivity contribution in [3.63, 3.8) is 0 Å². The van der Waals surface area contributed by atoms with Gasteiger partial charge in [0.25, 0.3) is 0 Å². The van der Waals surface area contributed by atoms with E-state index in [1.165, 1.54) is 0 Å². The number of nitrogens with one attached hydrogen (secondary N) is 1. The number of likely N-dealkylation sites (tertiary alicyclic amines) is 1. The first-order chi connectivity index (χ1) is 6.00. The Morgan fingerprint density at radius 2 is 2.08 bits per heavy atom. The first-order valence-corrected chi connectivity index (χ1v) is 4.67. The molecule has 0 aromatic carbocycles. The molecule has 1 heterocycles. The normalized spacial score (nSPS) is 28.9. The maximum atomic E-state index is 11.3. The highest BCUT2D eigenvalue weighted by Crippen LogP contribution is 2.14. The third kappa shape index (κ3) is 2.59. The van der Waals surface area contributed by atoms with E-state index in [2.05, 4.69) is 24.2 Å². The van der Waals surface area contributed by atoms with Crippen LogP contribution in [0, 0.1) is 5.92 Å². The van der Waals surface area contributed by atoms with Gasteiger partial charge in [0.05, 0.1) is 0 Å². The molecule has 0 aromatic rings. The van der Waals surface area contributed by atoms with Gasteiger partial charge in [-0.25, -0.2) is 4.79 Å². The lowest BCUT2D eigenvalue weighted by Crippen LogP contribution is -2.44. The predicted molar refractivity (Wildman–Crippen MR) is 52.7 cm³/mol. The van der Waals surface area contributed by atoms with Gasteiger partial charge < -0.3 is 15.1 Å². The van der Waals surface area contributed by atoms with Crippen LogP contribution in [0.15, 0.2) is 0 Å². The van der Waals surface area contributed by atoms with Crippen LogP contribution in [0.4, 0.5) is 4.79 Å². The van der Waals surface area contributed by atoms with E-state index in [1.807, 2.05) is 0 Å². The van der Waals surface area contributed by atoms with Crippen molar-refractivity contribution in [2.24, 2.45) is 5.92 Å². The van der Waals surface area contributed by atoms with Crippen LogP contribution < -0.4 is 5.32 Å². The second kappa shape index (κ2) is 3.96. The Morgan fingerprint density at radius 1 is 1.46 bits per heavy atom. The summed E-state index contributed by atoms with van der Waals surface area (Å²) >= 11 is 0. The summed E-state index contributed by atoms with van der Waals surface area (Å²) in [7, 11) is 5.61. The maximum Gasteiger partial charge on any atom is 0.317 e. The van der Waals surface area contributed by atoms with E-state index in [1.54, 1.807) is 19.0 Å². The van der Waals surface area contributed by atoms with Gasteiger partial charge in [0, 0.05) is 33.2 Å². The summed E-state index contributed by atoms with van der Waals surface area (Å²) in [6.45, 7) is 4.20. The minimum absolute atomic E-state index is 0.00662. The van der Waals surface area contributed by atoms with E-state index in [0.29, 0.717) is 12.0 Å². The Morgan fingerprint density at radius 3 is 2.46 bits per heavy atom. The second-order valence-corrected chi connectivity index (χ2v) is 4.15. The fourth-order valence-electron chi connectivity index (χ4n) is 1.68. The number of likely N-dealkylation sites (N-methyl/N-ethyl adjacent to an activating group) is 1. The van der Waals surface area contributed by atoms with Gasteiger partial charge in [0.2, 0.25) is 0 Å². The van der Waals surface area contributed by atoms with Crippen LogP contribution in [-0.2, 0) is 0 Å². The van der Waals surface area contributed by atoms with Crippen LogP contribution in [-0.4, -0.2) is 56.1 Å². The molecular weight excluding hydrogens is 166 g/mol. The highest BCUT2D eigenvalue weighted by molar-refractivity contribution is 5.73. The molecule has 1 rings (SSSR count). The molecule has 1 aliphatic rings. The molecule has 0 bridgehead atoms. The molecule has 76 valence electrons. The second-order valence-electron chi connectivity index (χ2n) is 4.15. The minimum Gasteiger partial charge on any atom is -0.334 e. The maximum absolute atomic E-state index is 11.3. The molecule has 0 radical (unpaired) electrons. The Kier molecular flexibility index (Phi) is 3.14. The third-order valence-electron chi connectivity index (χ3n) is 2.51. The highest BCUT2D eigenvalue weighted by Gasteiger charge is 2.28. The number of rotatable bonds is 1. The van der Waals surface area contributed by atoms with Gasteiger partial charge in [0.15, 0.2) is 0 Å². The Bertz CT molecular complexity index is 193. The summed E-state index contributed by atoms with van der Waals surface area (Å²) in [5.41, 5.74) is 0. The summed E-state index contributed by atoms with van der Waals surface area (Å²) in [5.74, 6) is 0.550. The number of amides is 2. The molecule has 2 atom stereocenters. The SMILES string of the molecule is CC1CN(C)CC1NC(=O)N(C)C. The first kappa shape index (κ1) is 10.3. The number of hydrogen-bond donors (Lipinski definition) is 1. The quantitative estimate of drug-likeness (QED) is 0.634. The number of urea groups is 1. The molecule has 13 heavy (non-hydrogen) atoms. The molecule has 1 fully saturated rings. The van der Waals surface area contributed by atoms with Crippen LogP contribution in [0.25, 0.3) is 0 Å². The number of nitrogens with zero attached hydrogens (tertiary/aromatic N) is 2. The van der Waals surface area contributed by atoms with Crippen LogP contribution >= 0.6 is 0 Å².